The van der Waals surface area contributed by atoms with Crippen LogP contribution in [0.25, 0.3) is 0 Å². The van der Waals surface area contributed by atoms with Gasteiger partial charge >= 0.3 is 0 Å². The van der Waals surface area contributed by atoms with Crippen molar-refractivity contribution in [3.63, 3.8) is 0 Å². The van der Waals surface area contributed by atoms with Crippen molar-refractivity contribution in [1.29, 1.82) is 0 Å². The molecule has 0 radical (unpaired) electrons. The number of aliphatic hydroxyl groups is 1. The summed E-state index contributed by atoms with van der Waals surface area (Å²) in [6.07, 6.45) is 3.08. The summed E-state index contributed by atoms with van der Waals surface area (Å²) in [5, 5.41) is 15.4. The van der Waals surface area contributed by atoms with E-state index in [2.05, 4.69) is 15.1 Å². The van der Waals surface area contributed by atoms with Crippen LogP contribution in [0, 0.1) is 5.92 Å². The Balaban J connectivity index is 2.06. The first-order chi connectivity index (χ1) is 9.45. The van der Waals surface area contributed by atoms with E-state index in [0.29, 0.717) is 24.6 Å². The van der Waals surface area contributed by atoms with Crippen LogP contribution in [0.2, 0.25) is 0 Å². The number of H-pyrrole nitrogens is 1. The molecule has 1 saturated heterocycles. The topological polar surface area (TPSA) is 89.5 Å². The Morgan fingerprint density at radius 3 is 2.65 bits per heavy atom. The predicted octanol–water partition coefficient (Wildman–Crippen LogP) is -0.136. The molecule has 0 spiro atoms. The number of hydrogen-bond acceptors (Lipinski definition) is 5. The van der Waals surface area contributed by atoms with Crippen LogP contribution >= 0.6 is 0 Å². The Morgan fingerprint density at radius 2 is 2.10 bits per heavy atom. The van der Waals surface area contributed by atoms with Gasteiger partial charge in [0.1, 0.15) is 0 Å². The molecule has 20 heavy (non-hydrogen) atoms. The lowest BCUT2D eigenvalue weighted by Gasteiger charge is -2.32. The lowest BCUT2D eigenvalue weighted by atomic mass is 9.98. The summed E-state index contributed by atoms with van der Waals surface area (Å²) >= 11 is 0. The molecule has 0 unspecified atom stereocenters. The fourth-order valence-electron chi connectivity index (χ4n) is 2.61. The largest absolute Gasteiger partial charge is 0.392 e. The second-order valence-electron chi connectivity index (χ2n) is 5.49. The van der Waals surface area contributed by atoms with Crippen molar-refractivity contribution in [2.45, 2.75) is 24.5 Å². The minimum atomic E-state index is -3.57. The average molecular weight is 302 g/mol. The molecule has 1 aromatic rings. The molecule has 0 atom stereocenters. The molecule has 0 bridgehead atoms. The number of nitrogens with zero attached hydrogens (tertiary/aromatic N) is 3. The summed E-state index contributed by atoms with van der Waals surface area (Å²) < 4.78 is 26.5. The molecule has 0 aliphatic carbocycles. The van der Waals surface area contributed by atoms with Gasteiger partial charge in [0, 0.05) is 25.2 Å². The Kier molecular flexibility index (Phi) is 4.79. The smallest absolute Gasteiger partial charge is 0.260 e. The van der Waals surface area contributed by atoms with Crippen LogP contribution in [0.1, 0.15) is 18.4 Å². The highest BCUT2D eigenvalue weighted by molar-refractivity contribution is 7.89. The van der Waals surface area contributed by atoms with Crippen LogP contribution in [0.4, 0.5) is 0 Å². The van der Waals surface area contributed by atoms with Gasteiger partial charge in [-0.2, -0.15) is 9.40 Å². The van der Waals surface area contributed by atoms with E-state index in [-0.39, 0.29) is 11.6 Å². The number of nitrogens with one attached hydrogen (secondary N) is 1. The van der Waals surface area contributed by atoms with Gasteiger partial charge in [-0.05, 0) is 32.9 Å². The standard InChI is InChI=1S/C12H22N4O3S/c1-15(2)8-10-3-5-16(6-4-10)20(18,19)12-11(9-17)7-13-14-12/h7,10,17H,3-6,8-9H2,1-2H3,(H,13,14). The average Bonchev–Trinajstić information content (AvgIpc) is 2.87. The van der Waals surface area contributed by atoms with E-state index in [4.69, 9.17) is 5.11 Å². The van der Waals surface area contributed by atoms with Crippen LogP contribution in [0.5, 0.6) is 0 Å². The maximum atomic E-state index is 12.5. The lowest BCUT2D eigenvalue weighted by molar-refractivity contribution is 0.224. The second-order valence-corrected chi connectivity index (χ2v) is 7.37. The number of piperidine rings is 1. The number of aromatic amines is 1. The van der Waals surface area contributed by atoms with Gasteiger partial charge in [0.05, 0.1) is 12.8 Å². The highest BCUT2D eigenvalue weighted by Crippen LogP contribution is 2.24. The van der Waals surface area contributed by atoms with Gasteiger partial charge in [-0.3, -0.25) is 5.10 Å². The fraction of sp³-hybridized carbons (Fsp3) is 0.750. The van der Waals surface area contributed by atoms with Crippen molar-refractivity contribution in [3.05, 3.63) is 11.8 Å². The number of aliphatic hydroxyl groups excluding tert-OH is 1. The first-order valence-corrected chi connectivity index (χ1v) is 8.17. The third-order valence-corrected chi connectivity index (χ3v) is 5.56. The molecule has 2 rings (SSSR count). The summed E-state index contributed by atoms with van der Waals surface area (Å²) in [6.45, 7) is 1.69. The number of aromatic nitrogens is 2. The van der Waals surface area contributed by atoms with E-state index in [1.165, 1.54) is 10.5 Å². The summed E-state index contributed by atoms with van der Waals surface area (Å²) in [5.41, 5.74) is 0.320. The van der Waals surface area contributed by atoms with Crippen LogP contribution in [0.15, 0.2) is 11.2 Å². The molecule has 2 N–H and O–H groups in total. The van der Waals surface area contributed by atoms with Crippen molar-refractivity contribution in [2.75, 3.05) is 33.7 Å². The molecular weight excluding hydrogens is 280 g/mol. The third kappa shape index (κ3) is 3.20. The molecule has 1 fully saturated rings. The lowest BCUT2D eigenvalue weighted by Crippen LogP contribution is -2.41. The summed E-state index contributed by atoms with van der Waals surface area (Å²) in [4.78, 5) is 2.13. The van der Waals surface area contributed by atoms with Gasteiger partial charge in [0.25, 0.3) is 10.0 Å². The van der Waals surface area contributed by atoms with E-state index < -0.39 is 10.0 Å². The number of hydrogen-bond donors (Lipinski definition) is 2. The minimum absolute atomic E-state index is 0.0195. The minimum Gasteiger partial charge on any atom is -0.392 e. The molecule has 1 aliphatic heterocycles. The van der Waals surface area contributed by atoms with Crippen LogP contribution < -0.4 is 0 Å². The quantitative estimate of drug-likeness (QED) is 0.790. The van der Waals surface area contributed by atoms with Crippen molar-refractivity contribution < 1.29 is 13.5 Å². The van der Waals surface area contributed by atoms with Crippen molar-refractivity contribution >= 4 is 10.0 Å². The Labute approximate surface area is 119 Å². The summed E-state index contributed by atoms with van der Waals surface area (Å²) in [5.74, 6) is 0.538. The molecule has 0 amide bonds. The van der Waals surface area contributed by atoms with E-state index in [1.807, 2.05) is 14.1 Å². The zero-order chi connectivity index (χ0) is 14.8. The van der Waals surface area contributed by atoms with Crippen LogP contribution in [-0.4, -0.2) is 66.7 Å². The zero-order valence-corrected chi connectivity index (χ0v) is 12.7. The van der Waals surface area contributed by atoms with E-state index in [0.717, 1.165) is 19.4 Å². The second kappa shape index (κ2) is 6.21. The zero-order valence-electron chi connectivity index (χ0n) is 11.9. The van der Waals surface area contributed by atoms with E-state index in [9.17, 15) is 8.42 Å². The molecule has 1 aromatic heterocycles. The molecule has 8 heteroatoms. The maximum absolute atomic E-state index is 12.5. The highest BCUT2D eigenvalue weighted by atomic mass is 32.2. The number of sulfonamides is 1. The van der Waals surface area contributed by atoms with Gasteiger partial charge in [-0.15, -0.1) is 0 Å². The van der Waals surface area contributed by atoms with E-state index >= 15 is 0 Å². The first-order valence-electron chi connectivity index (χ1n) is 6.73. The van der Waals surface area contributed by atoms with Gasteiger partial charge < -0.3 is 10.0 Å². The molecule has 7 nitrogen and oxygen atoms in total. The summed E-state index contributed by atoms with van der Waals surface area (Å²) in [6, 6.07) is 0. The third-order valence-electron chi connectivity index (χ3n) is 3.64. The molecule has 0 saturated carbocycles. The monoisotopic (exact) mass is 302 g/mol. The molecule has 114 valence electrons. The molecule has 2 heterocycles. The Morgan fingerprint density at radius 1 is 1.45 bits per heavy atom. The van der Waals surface area contributed by atoms with Gasteiger partial charge in [0.15, 0.2) is 5.03 Å². The van der Waals surface area contributed by atoms with Crippen molar-refractivity contribution in [1.82, 2.24) is 19.4 Å². The Bertz CT molecular complexity index is 533. The van der Waals surface area contributed by atoms with Crippen molar-refractivity contribution in [3.8, 4) is 0 Å². The van der Waals surface area contributed by atoms with Gasteiger partial charge in [-0.1, -0.05) is 0 Å². The van der Waals surface area contributed by atoms with Gasteiger partial charge in [-0.25, -0.2) is 8.42 Å². The predicted molar refractivity (Wildman–Crippen MR) is 74.5 cm³/mol. The Hall–Kier alpha value is -0.960. The first kappa shape index (κ1) is 15.4. The summed E-state index contributed by atoms with van der Waals surface area (Å²) in [7, 11) is 0.486. The van der Waals surface area contributed by atoms with Gasteiger partial charge in [0.2, 0.25) is 0 Å². The van der Waals surface area contributed by atoms with E-state index in [1.54, 1.807) is 0 Å². The SMILES string of the molecule is CN(C)CC1CCN(S(=O)(=O)c2[nH]ncc2CO)CC1. The van der Waals surface area contributed by atoms with Crippen LogP contribution in [-0.2, 0) is 16.6 Å². The fourth-order valence-corrected chi connectivity index (χ4v) is 4.18. The molecular formula is C12H22N4O3S. The molecule has 1 aliphatic rings. The van der Waals surface area contributed by atoms with Crippen molar-refractivity contribution in [2.24, 2.45) is 5.92 Å². The molecule has 0 aromatic carbocycles. The number of rotatable bonds is 5. The maximum Gasteiger partial charge on any atom is 0.260 e. The normalized spacial score (nSPS) is 18.8. The highest BCUT2D eigenvalue weighted by Gasteiger charge is 2.32. The van der Waals surface area contributed by atoms with Crippen LogP contribution in [0.3, 0.4) is 0 Å².